The minimum Gasteiger partial charge on any atom is -0.461 e. The van der Waals surface area contributed by atoms with Crippen molar-refractivity contribution in [1.82, 2.24) is 4.90 Å². The maximum atomic E-state index is 12.3. The molecule has 0 aliphatic carbocycles. The second-order valence-electron chi connectivity index (χ2n) is 9.59. The van der Waals surface area contributed by atoms with Crippen molar-refractivity contribution in [1.29, 1.82) is 0 Å². The van der Waals surface area contributed by atoms with Gasteiger partial charge in [-0.25, -0.2) is 4.79 Å². The van der Waals surface area contributed by atoms with Crippen LogP contribution >= 0.6 is 0 Å². The van der Waals surface area contributed by atoms with Gasteiger partial charge in [0, 0.05) is 17.6 Å². The van der Waals surface area contributed by atoms with Gasteiger partial charge in [0.15, 0.2) is 0 Å². The van der Waals surface area contributed by atoms with E-state index < -0.39 is 0 Å². The Morgan fingerprint density at radius 3 is 2.04 bits per heavy atom. The van der Waals surface area contributed by atoms with Crippen LogP contribution in [0.25, 0.3) is 0 Å². The molecular formula is C22H35NO2. The molecule has 140 valence electrons. The van der Waals surface area contributed by atoms with Crippen molar-refractivity contribution in [3.8, 4) is 0 Å². The third-order valence-corrected chi connectivity index (χ3v) is 5.57. The summed E-state index contributed by atoms with van der Waals surface area (Å²) in [7, 11) is 0. The van der Waals surface area contributed by atoms with Crippen LogP contribution < -0.4 is 0 Å². The summed E-state index contributed by atoms with van der Waals surface area (Å²) in [6.07, 6.45) is 3.65. The van der Waals surface area contributed by atoms with Crippen LogP contribution in [-0.4, -0.2) is 35.1 Å². The number of esters is 1. The first-order valence-corrected chi connectivity index (χ1v) is 9.49. The van der Waals surface area contributed by atoms with Crippen LogP contribution in [0.5, 0.6) is 0 Å². The van der Waals surface area contributed by atoms with Crippen molar-refractivity contribution < 1.29 is 9.53 Å². The summed E-state index contributed by atoms with van der Waals surface area (Å²) in [5.41, 5.74) is 2.25. The van der Waals surface area contributed by atoms with E-state index in [1.165, 1.54) is 24.8 Å². The lowest BCUT2D eigenvalue weighted by Crippen LogP contribution is -2.59. The van der Waals surface area contributed by atoms with Crippen molar-refractivity contribution in [2.75, 3.05) is 13.2 Å². The molecule has 0 saturated carbocycles. The number of likely N-dealkylation sites (tertiary alicyclic amines) is 1. The summed E-state index contributed by atoms with van der Waals surface area (Å²) < 4.78 is 5.56. The highest BCUT2D eigenvalue weighted by Gasteiger charge is 2.40. The van der Waals surface area contributed by atoms with E-state index in [-0.39, 0.29) is 22.5 Å². The first-order valence-electron chi connectivity index (χ1n) is 9.49. The number of nitrogens with zero attached hydrogens (tertiary/aromatic N) is 1. The Bertz CT molecular complexity index is 577. The van der Waals surface area contributed by atoms with Crippen LogP contribution in [0.4, 0.5) is 0 Å². The second-order valence-corrected chi connectivity index (χ2v) is 9.59. The number of ether oxygens (including phenoxy) is 1. The van der Waals surface area contributed by atoms with Gasteiger partial charge in [-0.1, -0.05) is 32.9 Å². The second kappa shape index (κ2) is 7.11. The van der Waals surface area contributed by atoms with Crippen LogP contribution in [0, 0.1) is 0 Å². The van der Waals surface area contributed by atoms with Crippen LogP contribution in [0.15, 0.2) is 24.3 Å². The summed E-state index contributed by atoms with van der Waals surface area (Å²) in [6.45, 7) is 16.9. The molecular weight excluding hydrogens is 310 g/mol. The predicted molar refractivity (Wildman–Crippen MR) is 104 cm³/mol. The molecule has 3 nitrogen and oxygen atoms in total. The van der Waals surface area contributed by atoms with Crippen LogP contribution in [0.3, 0.4) is 0 Å². The molecule has 1 saturated heterocycles. The van der Waals surface area contributed by atoms with E-state index >= 15 is 0 Å². The molecule has 0 unspecified atom stereocenters. The van der Waals surface area contributed by atoms with Crippen LogP contribution in [0.1, 0.15) is 83.7 Å². The van der Waals surface area contributed by atoms with E-state index in [4.69, 9.17) is 4.74 Å². The minimum absolute atomic E-state index is 0.0911. The number of rotatable bonds is 4. The first kappa shape index (κ1) is 20.0. The Morgan fingerprint density at radius 2 is 1.56 bits per heavy atom. The van der Waals surface area contributed by atoms with E-state index in [0.717, 1.165) is 6.54 Å². The van der Waals surface area contributed by atoms with Crippen LogP contribution in [0.2, 0.25) is 0 Å². The Balaban J connectivity index is 1.94. The Morgan fingerprint density at radius 1 is 1.04 bits per heavy atom. The summed E-state index contributed by atoms with van der Waals surface area (Å²) in [5.74, 6) is -0.229. The normalized spacial score (nSPS) is 20.3. The van der Waals surface area contributed by atoms with Gasteiger partial charge in [-0.15, -0.1) is 0 Å². The monoisotopic (exact) mass is 345 g/mol. The number of carbonyl (C=O) groups is 1. The van der Waals surface area contributed by atoms with E-state index in [9.17, 15) is 4.79 Å². The lowest BCUT2D eigenvalue weighted by Gasteiger charge is -2.52. The Kier molecular flexibility index (Phi) is 5.68. The largest absolute Gasteiger partial charge is 0.461 e. The van der Waals surface area contributed by atoms with Crippen LogP contribution in [-0.2, 0) is 10.2 Å². The molecule has 1 aliphatic rings. The number of hydrogen-bond acceptors (Lipinski definition) is 3. The molecule has 0 spiro atoms. The van der Waals surface area contributed by atoms with Gasteiger partial charge >= 0.3 is 5.97 Å². The summed E-state index contributed by atoms with van der Waals surface area (Å²) in [6, 6.07) is 7.79. The molecule has 0 aromatic heterocycles. The molecule has 2 rings (SSSR count). The quantitative estimate of drug-likeness (QED) is 0.704. The van der Waals surface area contributed by atoms with Crippen molar-refractivity contribution >= 4 is 5.97 Å². The van der Waals surface area contributed by atoms with E-state index in [1.807, 2.05) is 24.3 Å². The predicted octanol–water partition coefficient (Wildman–Crippen LogP) is 5.18. The van der Waals surface area contributed by atoms with E-state index in [2.05, 4.69) is 53.4 Å². The van der Waals surface area contributed by atoms with Crippen molar-refractivity contribution in [2.24, 2.45) is 0 Å². The van der Waals surface area contributed by atoms with Gasteiger partial charge in [-0.05, 0) is 70.1 Å². The molecule has 1 aliphatic heterocycles. The highest BCUT2D eigenvalue weighted by molar-refractivity contribution is 5.89. The molecule has 0 atom stereocenters. The van der Waals surface area contributed by atoms with Gasteiger partial charge in [-0.3, -0.25) is 4.90 Å². The fourth-order valence-electron chi connectivity index (χ4n) is 4.07. The standard InChI is InChI=1S/C22H35NO2/c1-20(2,3)18-11-9-17(10-12-18)19(24)25-16-15-23-21(4,5)13-8-14-22(23,6)7/h9-12H,8,13-16H2,1-7H3. The zero-order chi connectivity index (χ0) is 18.9. The molecule has 0 N–H and O–H groups in total. The molecule has 1 fully saturated rings. The number of carbonyl (C=O) groups excluding carboxylic acids is 1. The lowest BCUT2D eigenvalue weighted by molar-refractivity contribution is -0.0402. The van der Waals surface area contributed by atoms with Crippen molar-refractivity contribution in [3.05, 3.63) is 35.4 Å². The number of hydrogen-bond donors (Lipinski definition) is 0. The topological polar surface area (TPSA) is 29.5 Å². The van der Waals surface area contributed by atoms with Gasteiger partial charge in [0.1, 0.15) is 6.61 Å². The van der Waals surface area contributed by atoms with Crippen molar-refractivity contribution in [3.63, 3.8) is 0 Å². The molecule has 0 radical (unpaired) electrons. The van der Waals surface area contributed by atoms with Crippen molar-refractivity contribution in [2.45, 2.75) is 84.2 Å². The van der Waals surface area contributed by atoms with Gasteiger partial charge in [0.2, 0.25) is 0 Å². The molecule has 1 heterocycles. The average molecular weight is 346 g/mol. The molecule has 1 aromatic carbocycles. The zero-order valence-electron chi connectivity index (χ0n) is 17.1. The summed E-state index contributed by atoms with van der Waals surface area (Å²) >= 11 is 0. The molecule has 25 heavy (non-hydrogen) atoms. The zero-order valence-corrected chi connectivity index (χ0v) is 17.1. The summed E-state index contributed by atoms with van der Waals surface area (Å²) in [5, 5.41) is 0. The highest BCUT2D eigenvalue weighted by atomic mass is 16.5. The third-order valence-electron chi connectivity index (χ3n) is 5.57. The average Bonchev–Trinajstić information content (AvgIpc) is 2.48. The summed E-state index contributed by atoms with van der Waals surface area (Å²) in [4.78, 5) is 14.8. The molecule has 0 bridgehead atoms. The van der Waals surface area contributed by atoms with E-state index in [0.29, 0.717) is 12.2 Å². The fourth-order valence-corrected chi connectivity index (χ4v) is 4.07. The van der Waals surface area contributed by atoms with Gasteiger partial charge < -0.3 is 4.74 Å². The van der Waals surface area contributed by atoms with Gasteiger partial charge in [0.25, 0.3) is 0 Å². The van der Waals surface area contributed by atoms with Gasteiger partial charge in [-0.2, -0.15) is 0 Å². The maximum absolute atomic E-state index is 12.3. The van der Waals surface area contributed by atoms with Gasteiger partial charge in [0.05, 0.1) is 5.56 Å². The maximum Gasteiger partial charge on any atom is 0.338 e. The highest BCUT2D eigenvalue weighted by Crippen LogP contribution is 2.37. The fraction of sp³-hybridized carbons (Fsp3) is 0.682. The molecule has 3 heteroatoms. The SMILES string of the molecule is CC(C)(C)c1ccc(C(=O)OCCN2C(C)(C)CCCC2(C)C)cc1. The Hall–Kier alpha value is -1.35. The lowest BCUT2D eigenvalue weighted by atomic mass is 9.80. The smallest absolute Gasteiger partial charge is 0.338 e. The molecule has 1 aromatic rings. The Labute approximate surface area is 153 Å². The number of piperidine rings is 1. The number of benzene rings is 1. The first-order chi connectivity index (χ1) is 11.4. The molecule has 0 amide bonds. The minimum atomic E-state index is -0.229. The third kappa shape index (κ3) is 4.84. The van der Waals surface area contributed by atoms with E-state index in [1.54, 1.807) is 0 Å².